The number of nitrogens with zero attached hydrogens (tertiary/aromatic N) is 2. The van der Waals surface area contributed by atoms with Gasteiger partial charge in [0.2, 0.25) is 11.8 Å². The van der Waals surface area contributed by atoms with Gasteiger partial charge in [-0.3, -0.25) is 0 Å². The van der Waals surface area contributed by atoms with E-state index in [1.807, 2.05) is 6.08 Å². The van der Waals surface area contributed by atoms with Crippen LogP contribution in [0.3, 0.4) is 0 Å². The number of halogens is 2. The van der Waals surface area contributed by atoms with Crippen LogP contribution in [0.2, 0.25) is 0 Å². The number of aromatic hydroxyl groups is 2. The lowest BCUT2D eigenvalue weighted by molar-refractivity contribution is 0.263. The molecule has 0 unspecified atom stereocenters. The summed E-state index contributed by atoms with van der Waals surface area (Å²) >= 11 is 0. The summed E-state index contributed by atoms with van der Waals surface area (Å²) in [5, 5.41) is 20.4. The summed E-state index contributed by atoms with van der Waals surface area (Å²) in [6.07, 6.45) is 8.99. The van der Waals surface area contributed by atoms with E-state index in [2.05, 4.69) is 16.5 Å². The molecule has 1 fully saturated rings. The largest absolute Gasteiger partial charge is 0.493 e. The number of aromatic nitrogens is 2. The fraction of sp³-hybridized carbons (Fsp3) is 0.429. The Balaban J connectivity index is 1.67. The molecule has 27 heavy (non-hydrogen) atoms. The summed E-state index contributed by atoms with van der Waals surface area (Å²) in [6.45, 7) is 3.80. The quantitative estimate of drug-likeness (QED) is 0.687. The molecule has 0 spiro atoms. The van der Waals surface area contributed by atoms with Crippen molar-refractivity contribution in [2.24, 2.45) is 11.8 Å². The second-order valence-electron chi connectivity index (χ2n) is 7.25. The van der Waals surface area contributed by atoms with E-state index >= 15 is 0 Å². The van der Waals surface area contributed by atoms with Crippen molar-refractivity contribution in [3.63, 3.8) is 0 Å². The van der Waals surface area contributed by atoms with Gasteiger partial charge in [-0.1, -0.05) is 18.9 Å². The van der Waals surface area contributed by atoms with Crippen molar-refractivity contribution < 1.29 is 19.0 Å². The second-order valence-corrected chi connectivity index (χ2v) is 7.25. The highest BCUT2D eigenvalue weighted by molar-refractivity contribution is 5.57. The maximum atomic E-state index is 13.4. The van der Waals surface area contributed by atoms with Crippen LogP contribution in [0.5, 0.6) is 11.8 Å². The highest BCUT2D eigenvalue weighted by atomic mass is 19.2. The van der Waals surface area contributed by atoms with Gasteiger partial charge in [0.1, 0.15) is 0 Å². The number of hydrogen-bond donors (Lipinski definition) is 2. The van der Waals surface area contributed by atoms with Gasteiger partial charge in [-0.05, 0) is 62.1 Å². The maximum Gasteiger partial charge on any atom is 0.221 e. The molecule has 0 saturated heterocycles. The summed E-state index contributed by atoms with van der Waals surface area (Å²) in [5.74, 6) is -1.42. The minimum absolute atomic E-state index is 0.0439. The third-order valence-electron chi connectivity index (χ3n) is 5.41. The van der Waals surface area contributed by atoms with Crippen LogP contribution in [0.15, 0.2) is 30.9 Å². The topological polar surface area (TPSA) is 66.2 Å². The van der Waals surface area contributed by atoms with Crippen molar-refractivity contribution in [1.29, 1.82) is 0 Å². The number of hydrogen-bond acceptors (Lipinski definition) is 4. The molecule has 1 aliphatic rings. The van der Waals surface area contributed by atoms with Crippen LogP contribution in [-0.2, 0) is 6.42 Å². The Hall–Kier alpha value is -2.50. The minimum atomic E-state index is -1.04. The average Bonchev–Trinajstić information content (AvgIpc) is 2.64. The Labute approximate surface area is 157 Å². The van der Waals surface area contributed by atoms with Gasteiger partial charge in [-0.25, -0.2) is 8.78 Å². The van der Waals surface area contributed by atoms with E-state index < -0.39 is 11.6 Å². The first kappa shape index (κ1) is 19.3. The molecule has 1 aromatic heterocycles. The normalized spacial score (nSPS) is 19.8. The van der Waals surface area contributed by atoms with Crippen LogP contribution < -0.4 is 0 Å². The molecule has 2 N–H and O–H groups in total. The average molecular weight is 374 g/mol. The van der Waals surface area contributed by atoms with Crippen molar-refractivity contribution in [1.82, 2.24) is 9.97 Å². The first-order valence-electron chi connectivity index (χ1n) is 9.33. The molecule has 1 aromatic carbocycles. The zero-order valence-corrected chi connectivity index (χ0v) is 15.2. The third kappa shape index (κ3) is 4.62. The van der Waals surface area contributed by atoms with E-state index in [4.69, 9.17) is 0 Å². The highest BCUT2D eigenvalue weighted by Gasteiger charge is 2.22. The summed E-state index contributed by atoms with van der Waals surface area (Å²) < 4.78 is 26.4. The molecule has 144 valence electrons. The van der Waals surface area contributed by atoms with Crippen LogP contribution in [-0.4, -0.2) is 20.2 Å². The maximum absolute atomic E-state index is 13.4. The van der Waals surface area contributed by atoms with E-state index in [1.54, 1.807) is 0 Å². The van der Waals surface area contributed by atoms with Crippen LogP contribution in [0.4, 0.5) is 8.78 Å². The van der Waals surface area contributed by atoms with E-state index in [9.17, 15) is 19.0 Å². The SMILES string of the molecule is C=CC[C@H]1CC[C@H](CCc2c(O)nc(-c3ccc(F)c(F)c3)nc2O)CC1. The van der Waals surface area contributed by atoms with Gasteiger partial charge in [-0.15, -0.1) is 6.58 Å². The fourth-order valence-corrected chi connectivity index (χ4v) is 3.79. The molecular formula is C21H24F2N2O2. The lowest BCUT2D eigenvalue weighted by atomic mass is 9.78. The van der Waals surface area contributed by atoms with Crippen molar-refractivity contribution >= 4 is 0 Å². The van der Waals surface area contributed by atoms with Crippen molar-refractivity contribution in [3.05, 3.63) is 48.1 Å². The zero-order valence-electron chi connectivity index (χ0n) is 15.2. The predicted molar refractivity (Wildman–Crippen MR) is 99.3 cm³/mol. The van der Waals surface area contributed by atoms with E-state index in [1.165, 1.54) is 18.9 Å². The number of rotatable bonds is 6. The molecule has 4 nitrogen and oxygen atoms in total. The molecule has 1 aliphatic carbocycles. The molecule has 0 amide bonds. The molecule has 0 bridgehead atoms. The van der Waals surface area contributed by atoms with Crippen molar-refractivity contribution in [2.45, 2.75) is 44.9 Å². The Morgan fingerprint density at radius 3 is 2.22 bits per heavy atom. The molecule has 3 rings (SSSR count). The summed E-state index contributed by atoms with van der Waals surface area (Å²) in [7, 11) is 0. The van der Waals surface area contributed by atoms with Gasteiger partial charge in [0, 0.05) is 5.56 Å². The van der Waals surface area contributed by atoms with Crippen LogP contribution in [0.1, 0.15) is 44.1 Å². The molecule has 1 heterocycles. The first-order valence-corrected chi connectivity index (χ1v) is 9.33. The van der Waals surface area contributed by atoms with Crippen molar-refractivity contribution in [3.8, 4) is 23.1 Å². The molecule has 0 atom stereocenters. The Morgan fingerprint density at radius 2 is 1.63 bits per heavy atom. The second kappa shape index (κ2) is 8.46. The van der Waals surface area contributed by atoms with E-state index in [0.717, 1.165) is 43.7 Å². The van der Waals surface area contributed by atoms with Gasteiger partial charge in [-0.2, -0.15) is 9.97 Å². The van der Waals surface area contributed by atoms with E-state index in [-0.39, 0.29) is 23.1 Å². The van der Waals surface area contributed by atoms with Crippen LogP contribution >= 0.6 is 0 Å². The summed E-state index contributed by atoms with van der Waals surface area (Å²) in [4.78, 5) is 7.92. The molecule has 6 heteroatoms. The van der Waals surface area contributed by atoms with Crippen molar-refractivity contribution in [2.75, 3.05) is 0 Å². The smallest absolute Gasteiger partial charge is 0.221 e. The monoisotopic (exact) mass is 374 g/mol. The molecule has 2 aromatic rings. The minimum Gasteiger partial charge on any atom is -0.493 e. The fourth-order valence-electron chi connectivity index (χ4n) is 3.79. The van der Waals surface area contributed by atoms with Gasteiger partial charge < -0.3 is 10.2 Å². The Bertz CT molecular complexity index is 795. The molecular weight excluding hydrogens is 350 g/mol. The summed E-state index contributed by atoms with van der Waals surface area (Å²) in [5.41, 5.74) is 0.487. The number of allylic oxidation sites excluding steroid dienone is 1. The highest BCUT2D eigenvalue weighted by Crippen LogP contribution is 2.35. The van der Waals surface area contributed by atoms with Crippen LogP contribution in [0, 0.1) is 23.5 Å². The Morgan fingerprint density at radius 1 is 1.00 bits per heavy atom. The molecule has 1 saturated carbocycles. The van der Waals surface area contributed by atoms with Gasteiger partial charge in [0.05, 0.1) is 5.56 Å². The summed E-state index contributed by atoms with van der Waals surface area (Å²) in [6, 6.07) is 3.19. The molecule has 0 aliphatic heterocycles. The molecule has 0 radical (unpaired) electrons. The lowest BCUT2D eigenvalue weighted by Crippen LogP contribution is -2.15. The first-order chi connectivity index (χ1) is 13.0. The lowest BCUT2D eigenvalue weighted by Gasteiger charge is -2.27. The number of benzene rings is 1. The third-order valence-corrected chi connectivity index (χ3v) is 5.41. The van der Waals surface area contributed by atoms with E-state index in [0.29, 0.717) is 17.9 Å². The standard InChI is InChI=1S/C21H24F2N2O2/c1-2-3-13-4-6-14(7-5-13)8-10-16-20(26)24-19(25-21(16)27)15-9-11-17(22)18(23)12-15/h2,9,11-14H,1,3-8,10H2,(H2,24,25,26,27)/t13-,14-. The van der Waals surface area contributed by atoms with Gasteiger partial charge >= 0.3 is 0 Å². The zero-order chi connectivity index (χ0) is 19.4. The predicted octanol–water partition coefficient (Wildman–Crippen LogP) is 5.15. The van der Waals surface area contributed by atoms with Crippen LogP contribution in [0.25, 0.3) is 11.4 Å². The van der Waals surface area contributed by atoms with Gasteiger partial charge in [0.15, 0.2) is 17.5 Å². The Kier molecular flexibility index (Phi) is 6.04. The van der Waals surface area contributed by atoms with Gasteiger partial charge in [0.25, 0.3) is 0 Å².